The van der Waals surface area contributed by atoms with Gasteiger partial charge < -0.3 is 5.73 Å². The van der Waals surface area contributed by atoms with E-state index < -0.39 is 0 Å². The van der Waals surface area contributed by atoms with Gasteiger partial charge in [-0.15, -0.1) is 0 Å². The Morgan fingerprint density at radius 3 is 3.17 bits per heavy atom. The lowest BCUT2D eigenvalue weighted by atomic mass is 10.2. The van der Waals surface area contributed by atoms with Crippen molar-refractivity contribution < 1.29 is 0 Å². The Hall–Kier alpha value is -1.38. The normalized spacial score (nSPS) is 18.2. The van der Waals surface area contributed by atoms with Gasteiger partial charge in [0, 0.05) is 6.54 Å². The first-order chi connectivity index (χ1) is 5.74. The molecule has 0 unspecified atom stereocenters. The van der Waals surface area contributed by atoms with Crippen LogP contribution in [0.15, 0.2) is 34.4 Å². The largest absolute Gasteiger partial charge is 0.384 e. The fraction of sp³-hybridized carbons (Fsp3) is 0.333. The maximum atomic E-state index is 5.50. The summed E-state index contributed by atoms with van der Waals surface area (Å²) in [5.74, 6) is 0.442. The molecule has 0 spiro atoms. The molecule has 3 heteroatoms. The standard InChI is InChI=1S/C9H13N3/c1-3-9(10)12-8-5-4-6-11-7(8)2/h3,5H,1,4,6H2,2H3,(H2,10,12). The summed E-state index contributed by atoms with van der Waals surface area (Å²) >= 11 is 0. The molecule has 0 saturated carbocycles. The van der Waals surface area contributed by atoms with E-state index in [2.05, 4.69) is 16.6 Å². The third-order valence-corrected chi connectivity index (χ3v) is 1.65. The second-order valence-corrected chi connectivity index (χ2v) is 2.59. The number of aliphatic imine (C=N–C) groups is 2. The molecule has 0 atom stereocenters. The minimum atomic E-state index is 0.442. The molecule has 0 radical (unpaired) electrons. The van der Waals surface area contributed by atoms with Gasteiger partial charge in [-0.1, -0.05) is 12.7 Å². The van der Waals surface area contributed by atoms with Crippen molar-refractivity contribution in [3.05, 3.63) is 24.4 Å². The average molecular weight is 163 g/mol. The van der Waals surface area contributed by atoms with Crippen LogP contribution in [0.2, 0.25) is 0 Å². The van der Waals surface area contributed by atoms with Crippen LogP contribution in [0, 0.1) is 0 Å². The van der Waals surface area contributed by atoms with E-state index in [1.165, 1.54) is 6.08 Å². The molecule has 0 aliphatic carbocycles. The fourth-order valence-corrected chi connectivity index (χ4v) is 0.974. The Morgan fingerprint density at radius 2 is 2.58 bits per heavy atom. The van der Waals surface area contributed by atoms with Crippen LogP contribution in [0.3, 0.4) is 0 Å². The van der Waals surface area contributed by atoms with Gasteiger partial charge in [0.2, 0.25) is 0 Å². The van der Waals surface area contributed by atoms with Crippen LogP contribution < -0.4 is 5.73 Å². The van der Waals surface area contributed by atoms with Crippen molar-refractivity contribution in [1.82, 2.24) is 0 Å². The van der Waals surface area contributed by atoms with Gasteiger partial charge in [-0.3, -0.25) is 4.99 Å². The highest BCUT2D eigenvalue weighted by molar-refractivity contribution is 6.02. The Bertz CT molecular complexity index is 271. The van der Waals surface area contributed by atoms with Gasteiger partial charge >= 0.3 is 0 Å². The minimum absolute atomic E-state index is 0.442. The highest BCUT2D eigenvalue weighted by atomic mass is 14.9. The first-order valence-corrected chi connectivity index (χ1v) is 3.92. The molecule has 1 aliphatic rings. The Labute approximate surface area is 72.4 Å². The van der Waals surface area contributed by atoms with E-state index in [-0.39, 0.29) is 0 Å². The fourth-order valence-electron chi connectivity index (χ4n) is 0.974. The zero-order chi connectivity index (χ0) is 8.97. The van der Waals surface area contributed by atoms with Crippen molar-refractivity contribution in [2.24, 2.45) is 15.7 Å². The van der Waals surface area contributed by atoms with Gasteiger partial charge in [-0.2, -0.15) is 0 Å². The molecule has 1 aliphatic heterocycles. The van der Waals surface area contributed by atoms with Gasteiger partial charge in [0.15, 0.2) is 0 Å². The molecule has 0 aromatic rings. The van der Waals surface area contributed by atoms with Crippen molar-refractivity contribution >= 4 is 11.5 Å². The molecule has 12 heavy (non-hydrogen) atoms. The zero-order valence-corrected chi connectivity index (χ0v) is 7.25. The SMILES string of the molecule is C=C/C(N)=N\C1=CCCN=C1C. The molecule has 0 saturated heterocycles. The zero-order valence-electron chi connectivity index (χ0n) is 7.25. The van der Waals surface area contributed by atoms with Gasteiger partial charge in [0.1, 0.15) is 5.84 Å². The second kappa shape index (κ2) is 3.85. The minimum Gasteiger partial charge on any atom is -0.384 e. The second-order valence-electron chi connectivity index (χ2n) is 2.59. The van der Waals surface area contributed by atoms with Crippen LogP contribution in [-0.4, -0.2) is 18.1 Å². The lowest BCUT2D eigenvalue weighted by Gasteiger charge is -2.07. The summed E-state index contributed by atoms with van der Waals surface area (Å²) < 4.78 is 0. The lowest BCUT2D eigenvalue weighted by Crippen LogP contribution is -2.11. The summed E-state index contributed by atoms with van der Waals surface area (Å²) in [6.07, 6.45) is 4.52. The van der Waals surface area contributed by atoms with E-state index in [9.17, 15) is 0 Å². The third kappa shape index (κ3) is 2.05. The van der Waals surface area contributed by atoms with Gasteiger partial charge in [-0.25, -0.2) is 4.99 Å². The van der Waals surface area contributed by atoms with Crippen LogP contribution in [0.5, 0.6) is 0 Å². The summed E-state index contributed by atoms with van der Waals surface area (Å²) in [7, 11) is 0. The molecule has 64 valence electrons. The molecule has 1 rings (SSSR count). The summed E-state index contributed by atoms with van der Waals surface area (Å²) in [4.78, 5) is 8.39. The average Bonchev–Trinajstić information content (AvgIpc) is 2.09. The molecule has 3 nitrogen and oxygen atoms in total. The molecular weight excluding hydrogens is 150 g/mol. The van der Waals surface area contributed by atoms with Crippen LogP contribution in [0.1, 0.15) is 13.3 Å². The van der Waals surface area contributed by atoms with Crippen LogP contribution in [0.4, 0.5) is 0 Å². The number of dihydropyridines is 1. The molecular formula is C9H13N3. The molecule has 0 fully saturated rings. The maximum Gasteiger partial charge on any atom is 0.123 e. The van der Waals surface area contributed by atoms with Crippen molar-refractivity contribution in [2.45, 2.75) is 13.3 Å². The predicted molar refractivity (Wildman–Crippen MR) is 52.5 cm³/mol. The maximum absolute atomic E-state index is 5.50. The van der Waals surface area contributed by atoms with Crippen molar-refractivity contribution in [1.29, 1.82) is 0 Å². The Balaban J connectivity index is 2.82. The quantitative estimate of drug-likeness (QED) is 0.484. The molecule has 1 heterocycles. The number of allylic oxidation sites excluding steroid dienone is 1. The smallest absolute Gasteiger partial charge is 0.123 e. The van der Waals surface area contributed by atoms with Crippen molar-refractivity contribution in [2.75, 3.05) is 6.54 Å². The van der Waals surface area contributed by atoms with Gasteiger partial charge in [0.25, 0.3) is 0 Å². The van der Waals surface area contributed by atoms with E-state index in [4.69, 9.17) is 5.73 Å². The van der Waals surface area contributed by atoms with Gasteiger partial charge in [0.05, 0.1) is 11.4 Å². The van der Waals surface area contributed by atoms with Crippen molar-refractivity contribution in [3.63, 3.8) is 0 Å². The third-order valence-electron chi connectivity index (χ3n) is 1.65. The van der Waals surface area contributed by atoms with Crippen LogP contribution >= 0.6 is 0 Å². The highest BCUT2D eigenvalue weighted by Crippen LogP contribution is 2.08. The van der Waals surface area contributed by atoms with E-state index in [0.29, 0.717) is 5.84 Å². The monoisotopic (exact) mass is 163 g/mol. The molecule has 2 N–H and O–H groups in total. The topological polar surface area (TPSA) is 50.7 Å². The molecule has 0 bridgehead atoms. The number of nitrogens with zero attached hydrogens (tertiary/aromatic N) is 2. The predicted octanol–water partition coefficient (Wildman–Crippen LogP) is 1.28. The number of hydrogen-bond donors (Lipinski definition) is 1. The highest BCUT2D eigenvalue weighted by Gasteiger charge is 2.03. The van der Waals surface area contributed by atoms with E-state index in [0.717, 1.165) is 24.4 Å². The Morgan fingerprint density at radius 1 is 1.83 bits per heavy atom. The summed E-state index contributed by atoms with van der Waals surface area (Å²) in [5, 5.41) is 0. The number of rotatable bonds is 2. The van der Waals surface area contributed by atoms with Crippen LogP contribution in [-0.2, 0) is 0 Å². The van der Waals surface area contributed by atoms with Gasteiger partial charge in [-0.05, 0) is 19.4 Å². The first-order valence-electron chi connectivity index (χ1n) is 3.92. The number of hydrogen-bond acceptors (Lipinski definition) is 2. The van der Waals surface area contributed by atoms with Crippen molar-refractivity contribution in [3.8, 4) is 0 Å². The molecule has 0 aromatic carbocycles. The summed E-state index contributed by atoms with van der Waals surface area (Å²) in [6, 6.07) is 0. The number of amidine groups is 1. The van der Waals surface area contributed by atoms with E-state index in [1.54, 1.807) is 0 Å². The van der Waals surface area contributed by atoms with Crippen LogP contribution in [0.25, 0.3) is 0 Å². The lowest BCUT2D eigenvalue weighted by molar-refractivity contribution is 0.972. The van der Waals surface area contributed by atoms with E-state index >= 15 is 0 Å². The Kier molecular flexibility index (Phi) is 2.80. The summed E-state index contributed by atoms with van der Waals surface area (Å²) in [5.41, 5.74) is 7.33. The summed E-state index contributed by atoms with van der Waals surface area (Å²) in [6.45, 7) is 6.32. The molecule has 0 aromatic heterocycles. The van der Waals surface area contributed by atoms with E-state index in [1.807, 2.05) is 13.0 Å². The molecule has 0 amide bonds. The number of nitrogens with two attached hydrogens (primary N) is 1. The first kappa shape index (κ1) is 8.71.